The number of anilines is 3. The van der Waals surface area contributed by atoms with Crippen LogP contribution in [0, 0.1) is 6.92 Å². The average molecular weight is 466 g/mol. The molecule has 2 N–H and O–H groups in total. The van der Waals surface area contributed by atoms with Crippen LogP contribution < -0.4 is 15.4 Å². The first-order chi connectivity index (χ1) is 16.3. The summed E-state index contributed by atoms with van der Waals surface area (Å²) in [6.45, 7) is 2.32. The molecule has 0 aliphatic heterocycles. The number of halogens is 3. The number of aromatic nitrogens is 4. The van der Waals surface area contributed by atoms with E-state index >= 15 is 0 Å². The molecule has 3 aromatic heterocycles. The molecular formula is C24H21F3N6O. The minimum absolute atomic E-state index is 0.199. The molecule has 4 rings (SSSR count). The van der Waals surface area contributed by atoms with Gasteiger partial charge >= 0.3 is 6.18 Å². The third-order valence-electron chi connectivity index (χ3n) is 4.80. The quantitative estimate of drug-likeness (QED) is 0.365. The van der Waals surface area contributed by atoms with E-state index in [1.165, 1.54) is 6.07 Å². The molecule has 0 bridgehead atoms. The number of benzene rings is 1. The molecule has 0 amide bonds. The molecule has 7 nitrogen and oxygen atoms in total. The van der Waals surface area contributed by atoms with Gasteiger partial charge in [-0.2, -0.15) is 13.2 Å². The molecule has 0 saturated carbocycles. The van der Waals surface area contributed by atoms with E-state index in [-0.39, 0.29) is 5.69 Å². The molecule has 4 aromatic rings. The Balaban J connectivity index is 1.64. The van der Waals surface area contributed by atoms with Crippen molar-refractivity contribution in [2.45, 2.75) is 19.6 Å². The fraction of sp³-hybridized carbons (Fsp3) is 0.167. The predicted octanol–water partition coefficient (Wildman–Crippen LogP) is 5.63. The molecule has 0 saturated heterocycles. The number of methoxy groups -OCH3 is 1. The first-order valence-corrected chi connectivity index (χ1v) is 10.3. The number of hydrogen-bond donors (Lipinski definition) is 2. The van der Waals surface area contributed by atoms with E-state index < -0.39 is 11.9 Å². The summed E-state index contributed by atoms with van der Waals surface area (Å²) in [4.78, 5) is 16.9. The van der Waals surface area contributed by atoms with Gasteiger partial charge in [0.25, 0.3) is 0 Å². The van der Waals surface area contributed by atoms with Crippen LogP contribution in [0.1, 0.15) is 17.0 Å². The van der Waals surface area contributed by atoms with Gasteiger partial charge in [-0.15, -0.1) is 0 Å². The molecule has 174 valence electrons. The highest BCUT2D eigenvalue weighted by atomic mass is 19.4. The van der Waals surface area contributed by atoms with Crippen molar-refractivity contribution < 1.29 is 17.9 Å². The molecule has 3 heterocycles. The Kier molecular flexibility index (Phi) is 6.58. The zero-order valence-corrected chi connectivity index (χ0v) is 18.4. The molecule has 0 aliphatic rings. The van der Waals surface area contributed by atoms with Crippen molar-refractivity contribution in [2.75, 3.05) is 17.7 Å². The van der Waals surface area contributed by atoms with Crippen LogP contribution in [-0.2, 0) is 12.7 Å². The minimum atomic E-state index is -4.55. The zero-order valence-electron chi connectivity index (χ0n) is 18.4. The number of alkyl halides is 3. The number of nitrogens with zero attached hydrogens (tertiary/aromatic N) is 4. The summed E-state index contributed by atoms with van der Waals surface area (Å²) >= 11 is 0. The molecular weight excluding hydrogens is 445 g/mol. The summed E-state index contributed by atoms with van der Waals surface area (Å²) in [5.41, 5.74) is 1.53. The van der Waals surface area contributed by atoms with E-state index in [1.54, 1.807) is 19.2 Å². The maximum atomic E-state index is 13.1. The van der Waals surface area contributed by atoms with Gasteiger partial charge in [-0.25, -0.2) is 15.0 Å². The fourth-order valence-corrected chi connectivity index (χ4v) is 3.13. The highest BCUT2D eigenvalue weighted by Gasteiger charge is 2.32. The smallest absolute Gasteiger partial charge is 0.433 e. The number of nitrogens with one attached hydrogen (secondary N) is 2. The van der Waals surface area contributed by atoms with Gasteiger partial charge in [0.15, 0.2) is 5.82 Å². The summed E-state index contributed by atoms with van der Waals surface area (Å²) < 4.78 is 44.4. The van der Waals surface area contributed by atoms with E-state index in [1.807, 2.05) is 43.3 Å². The molecule has 0 spiro atoms. The van der Waals surface area contributed by atoms with Gasteiger partial charge in [0.2, 0.25) is 0 Å². The van der Waals surface area contributed by atoms with Gasteiger partial charge in [0.1, 0.15) is 28.8 Å². The minimum Gasteiger partial charge on any atom is -0.497 e. The van der Waals surface area contributed by atoms with Crippen LogP contribution in [0.2, 0.25) is 0 Å². The van der Waals surface area contributed by atoms with Crippen LogP contribution in [0.3, 0.4) is 0 Å². The number of ether oxygens (including phenoxy) is 1. The molecule has 0 atom stereocenters. The third kappa shape index (κ3) is 5.77. The van der Waals surface area contributed by atoms with Crippen molar-refractivity contribution in [1.29, 1.82) is 0 Å². The lowest BCUT2D eigenvalue weighted by atomic mass is 10.2. The van der Waals surface area contributed by atoms with Crippen LogP contribution in [0.15, 0.2) is 66.9 Å². The van der Waals surface area contributed by atoms with Crippen molar-refractivity contribution in [3.05, 3.63) is 83.8 Å². The highest BCUT2D eigenvalue weighted by Crippen LogP contribution is 2.30. The number of rotatable bonds is 7. The first kappa shape index (κ1) is 23.0. The Morgan fingerprint density at radius 2 is 1.68 bits per heavy atom. The van der Waals surface area contributed by atoms with Gasteiger partial charge in [0, 0.05) is 30.2 Å². The van der Waals surface area contributed by atoms with Crippen LogP contribution in [0.25, 0.3) is 11.5 Å². The Morgan fingerprint density at radius 3 is 2.38 bits per heavy atom. The summed E-state index contributed by atoms with van der Waals surface area (Å²) in [6, 6.07) is 17.0. The van der Waals surface area contributed by atoms with Gasteiger partial charge in [-0.3, -0.25) is 4.98 Å². The monoisotopic (exact) mass is 466 g/mol. The highest BCUT2D eigenvalue weighted by molar-refractivity contribution is 5.63. The van der Waals surface area contributed by atoms with E-state index in [0.29, 0.717) is 29.7 Å². The lowest BCUT2D eigenvalue weighted by Crippen LogP contribution is -2.09. The molecule has 10 heteroatoms. The maximum Gasteiger partial charge on any atom is 0.433 e. The van der Waals surface area contributed by atoms with E-state index in [9.17, 15) is 13.2 Å². The molecule has 0 fully saturated rings. The van der Waals surface area contributed by atoms with Gasteiger partial charge in [0.05, 0.1) is 7.11 Å². The van der Waals surface area contributed by atoms with Crippen LogP contribution in [0.4, 0.5) is 30.5 Å². The van der Waals surface area contributed by atoms with Crippen molar-refractivity contribution in [2.24, 2.45) is 0 Å². The molecule has 34 heavy (non-hydrogen) atoms. The standard InChI is InChI=1S/C24H21F3N6O/c1-15-4-3-5-19(30-15)23-32-21(29-14-16-6-8-18(34-2)9-7-16)13-22(33-23)31-17-10-11-28-20(12-17)24(25,26)27/h3-13H,14H2,1-2H3,(H2,28,29,31,32,33). The largest absolute Gasteiger partial charge is 0.497 e. The SMILES string of the molecule is COc1ccc(CNc2cc(Nc3ccnc(C(F)(F)F)c3)nc(-c3cccc(C)n3)n2)cc1. The van der Waals surface area contributed by atoms with Crippen LogP contribution in [0.5, 0.6) is 5.75 Å². The second-order valence-corrected chi connectivity index (χ2v) is 7.38. The first-order valence-electron chi connectivity index (χ1n) is 10.3. The predicted molar refractivity (Wildman–Crippen MR) is 123 cm³/mol. The summed E-state index contributed by atoms with van der Waals surface area (Å²) in [5.74, 6) is 1.87. The Labute approximate surface area is 194 Å². The Hall–Kier alpha value is -4.21. The van der Waals surface area contributed by atoms with Gasteiger partial charge in [-0.05, 0) is 48.9 Å². The van der Waals surface area contributed by atoms with Crippen molar-refractivity contribution >= 4 is 17.3 Å². The molecule has 0 unspecified atom stereocenters. The van der Waals surface area contributed by atoms with Crippen molar-refractivity contribution in [3.63, 3.8) is 0 Å². The lowest BCUT2D eigenvalue weighted by Gasteiger charge is -2.13. The van der Waals surface area contributed by atoms with Crippen molar-refractivity contribution in [3.8, 4) is 17.3 Å². The van der Waals surface area contributed by atoms with Crippen LogP contribution in [-0.4, -0.2) is 27.0 Å². The Morgan fingerprint density at radius 1 is 0.912 bits per heavy atom. The van der Waals surface area contributed by atoms with E-state index in [4.69, 9.17) is 4.74 Å². The fourth-order valence-electron chi connectivity index (χ4n) is 3.13. The van der Waals surface area contributed by atoms with Gasteiger partial charge in [-0.1, -0.05) is 18.2 Å². The number of aryl methyl sites for hydroxylation is 1. The third-order valence-corrected chi connectivity index (χ3v) is 4.80. The van der Waals surface area contributed by atoms with E-state index in [2.05, 4.69) is 30.6 Å². The van der Waals surface area contributed by atoms with E-state index in [0.717, 1.165) is 29.3 Å². The average Bonchev–Trinajstić information content (AvgIpc) is 2.82. The van der Waals surface area contributed by atoms with Crippen molar-refractivity contribution in [1.82, 2.24) is 19.9 Å². The summed E-state index contributed by atoms with van der Waals surface area (Å²) in [5, 5.41) is 6.15. The Bertz CT molecular complexity index is 1280. The van der Waals surface area contributed by atoms with Gasteiger partial charge < -0.3 is 15.4 Å². The molecule has 0 aliphatic carbocycles. The number of hydrogen-bond acceptors (Lipinski definition) is 7. The molecule has 1 aromatic carbocycles. The maximum absolute atomic E-state index is 13.1. The molecule has 0 radical (unpaired) electrons. The number of pyridine rings is 2. The topological polar surface area (TPSA) is 84.9 Å². The second kappa shape index (κ2) is 9.74. The zero-order chi connectivity index (χ0) is 24.1. The summed E-state index contributed by atoms with van der Waals surface area (Å²) in [7, 11) is 1.60. The normalized spacial score (nSPS) is 11.2. The lowest BCUT2D eigenvalue weighted by molar-refractivity contribution is -0.141. The summed E-state index contributed by atoms with van der Waals surface area (Å²) in [6.07, 6.45) is -3.46. The van der Waals surface area contributed by atoms with Crippen LogP contribution >= 0.6 is 0 Å². The second-order valence-electron chi connectivity index (χ2n) is 7.38.